The van der Waals surface area contributed by atoms with Crippen molar-refractivity contribution in [2.75, 3.05) is 14.2 Å². The van der Waals surface area contributed by atoms with Crippen molar-refractivity contribution in [1.82, 2.24) is 15.6 Å². The van der Waals surface area contributed by atoms with Crippen molar-refractivity contribution in [3.63, 3.8) is 0 Å². The third-order valence-electron chi connectivity index (χ3n) is 4.43. The van der Waals surface area contributed by atoms with Crippen molar-refractivity contribution in [3.8, 4) is 11.5 Å². The first-order chi connectivity index (χ1) is 13.3. The molecule has 0 atom stereocenters. The molecule has 0 aliphatic heterocycles. The summed E-state index contributed by atoms with van der Waals surface area (Å²) in [6, 6.07) is 6.25. The molecule has 1 aromatic carbocycles. The van der Waals surface area contributed by atoms with Gasteiger partial charge in [-0.1, -0.05) is 12.1 Å². The highest BCUT2D eigenvalue weighted by molar-refractivity contribution is 14.0. The number of pyridine rings is 1. The number of rotatable bonds is 7. The molecule has 29 heavy (non-hydrogen) atoms. The van der Waals surface area contributed by atoms with E-state index >= 15 is 0 Å². The number of aliphatic imine (C=N–C) groups is 1. The molecule has 6 nitrogen and oxygen atoms in total. The Labute approximate surface area is 191 Å². The molecule has 0 amide bonds. The standard InChI is InChI=1S/C22H32N4O2.HI/c1-14(2)28-20-10-15(3)8-9-18(20)12-25-22(23-6)26-13-19-17(5)21(27-7)16(4)11-24-19;/h8-11,14H,12-13H2,1-7H3,(H2,23,25,26);1H. The zero-order valence-corrected chi connectivity index (χ0v) is 20.8. The molecule has 0 spiro atoms. The number of aromatic nitrogens is 1. The minimum atomic E-state index is 0. The van der Waals surface area contributed by atoms with Crippen LogP contribution in [0.15, 0.2) is 29.4 Å². The lowest BCUT2D eigenvalue weighted by Crippen LogP contribution is -2.36. The van der Waals surface area contributed by atoms with Gasteiger partial charge >= 0.3 is 0 Å². The number of guanidine groups is 1. The van der Waals surface area contributed by atoms with E-state index in [2.05, 4.69) is 45.7 Å². The Morgan fingerprint density at radius 1 is 1.14 bits per heavy atom. The van der Waals surface area contributed by atoms with Crippen LogP contribution in [-0.2, 0) is 13.1 Å². The molecule has 0 saturated carbocycles. The quantitative estimate of drug-likeness (QED) is 0.329. The predicted molar refractivity (Wildman–Crippen MR) is 130 cm³/mol. The summed E-state index contributed by atoms with van der Waals surface area (Å²) >= 11 is 0. The third kappa shape index (κ3) is 7.06. The first-order valence-corrected chi connectivity index (χ1v) is 9.55. The lowest BCUT2D eigenvalue weighted by atomic mass is 10.1. The van der Waals surface area contributed by atoms with Gasteiger partial charge in [0.05, 0.1) is 25.5 Å². The molecule has 160 valence electrons. The van der Waals surface area contributed by atoms with Gasteiger partial charge in [0, 0.05) is 36.5 Å². The Morgan fingerprint density at radius 3 is 2.45 bits per heavy atom. The topological polar surface area (TPSA) is 67.8 Å². The van der Waals surface area contributed by atoms with Crippen LogP contribution in [0.3, 0.4) is 0 Å². The molecule has 0 radical (unpaired) electrons. The summed E-state index contributed by atoms with van der Waals surface area (Å²) in [4.78, 5) is 8.83. The fourth-order valence-electron chi connectivity index (χ4n) is 2.99. The molecule has 1 heterocycles. The highest BCUT2D eigenvalue weighted by Gasteiger charge is 2.11. The molecule has 0 aliphatic carbocycles. The van der Waals surface area contributed by atoms with Gasteiger partial charge in [0.2, 0.25) is 0 Å². The van der Waals surface area contributed by atoms with E-state index in [-0.39, 0.29) is 30.1 Å². The van der Waals surface area contributed by atoms with Crippen molar-refractivity contribution in [1.29, 1.82) is 0 Å². The van der Waals surface area contributed by atoms with Gasteiger partial charge in [-0.3, -0.25) is 9.98 Å². The number of hydrogen-bond acceptors (Lipinski definition) is 4. The zero-order valence-electron chi connectivity index (χ0n) is 18.4. The summed E-state index contributed by atoms with van der Waals surface area (Å²) in [5.41, 5.74) is 5.27. The normalized spacial score (nSPS) is 11.1. The Bertz CT molecular complexity index is 838. The maximum Gasteiger partial charge on any atom is 0.191 e. The van der Waals surface area contributed by atoms with Crippen LogP contribution in [0.2, 0.25) is 0 Å². The molecule has 7 heteroatoms. The van der Waals surface area contributed by atoms with Gasteiger partial charge in [-0.25, -0.2) is 0 Å². The number of hydrogen-bond donors (Lipinski definition) is 2. The number of nitrogens with one attached hydrogen (secondary N) is 2. The van der Waals surface area contributed by atoms with Crippen LogP contribution >= 0.6 is 24.0 Å². The molecular formula is C22H33IN4O2. The minimum Gasteiger partial charge on any atom is -0.496 e. The van der Waals surface area contributed by atoms with E-state index in [1.807, 2.05) is 33.9 Å². The number of halogens is 1. The van der Waals surface area contributed by atoms with Crippen LogP contribution in [-0.4, -0.2) is 31.2 Å². The predicted octanol–water partition coefficient (Wildman–Crippen LogP) is 4.29. The molecule has 0 bridgehead atoms. The van der Waals surface area contributed by atoms with Crippen LogP contribution in [0.1, 0.15) is 41.8 Å². The molecule has 0 unspecified atom stereocenters. The van der Waals surface area contributed by atoms with Crippen LogP contribution < -0.4 is 20.1 Å². The number of nitrogens with zero attached hydrogens (tertiary/aromatic N) is 2. The van der Waals surface area contributed by atoms with Crippen molar-refractivity contribution in [2.24, 2.45) is 4.99 Å². The molecule has 0 saturated heterocycles. The number of methoxy groups -OCH3 is 1. The SMILES string of the molecule is CN=C(NCc1ccc(C)cc1OC(C)C)NCc1ncc(C)c(OC)c1C.I. The summed E-state index contributed by atoms with van der Waals surface area (Å²) in [5.74, 6) is 2.49. The molecule has 2 N–H and O–H groups in total. The fourth-order valence-corrected chi connectivity index (χ4v) is 2.99. The highest BCUT2D eigenvalue weighted by Crippen LogP contribution is 2.24. The first-order valence-electron chi connectivity index (χ1n) is 9.55. The number of benzene rings is 1. The smallest absolute Gasteiger partial charge is 0.191 e. The summed E-state index contributed by atoms with van der Waals surface area (Å²) in [5, 5.41) is 6.67. The second-order valence-electron chi connectivity index (χ2n) is 7.10. The second kappa shape index (κ2) is 11.8. The van der Waals surface area contributed by atoms with E-state index in [0.29, 0.717) is 19.0 Å². The maximum absolute atomic E-state index is 5.95. The lowest BCUT2D eigenvalue weighted by Gasteiger charge is -2.17. The van der Waals surface area contributed by atoms with E-state index in [1.54, 1.807) is 14.2 Å². The van der Waals surface area contributed by atoms with Gasteiger partial charge in [0.15, 0.2) is 5.96 Å². The summed E-state index contributed by atoms with van der Waals surface area (Å²) in [6.07, 6.45) is 1.96. The fraction of sp³-hybridized carbons (Fsp3) is 0.455. The molecule has 0 fully saturated rings. The molecule has 2 rings (SSSR count). The largest absolute Gasteiger partial charge is 0.496 e. The molecule has 2 aromatic rings. The maximum atomic E-state index is 5.95. The van der Waals surface area contributed by atoms with Crippen LogP contribution in [0.5, 0.6) is 11.5 Å². The lowest BCUT2D eigenvalue weighted by molar-refractivity contribution is 0.239. The van der Waals surface area contributed by atoms with Crippen molar-refractivity contribution < 1.29 is 9.47 Å². The van der Waals surface area contributed by atoms with Gasteiger partial charge in [0.25, 0.3) is 0 Å². The van der Waals surface area contributed by atoms with E-state index in [0.717, 1.165) is 33.9 Å². The van der Waals surface area contributed by atoms with Gasteiger partial charge in [-0.05, 0) is 46.2 Å². The van der Waals surface area contributed by atoms with E-state index < -0.39 is 0 Å². The Kier molecular flexibility index (Phi) is 10.2. The van der Waals surface area contributed by atoms with Gasteiger partial charge in [-0.2, -0.15) is 0 Å². The van der Waals surface area contributed by atoms with Gasteiger partial charge in [0.1, 0.15) is 11.5 Å². The Hall–Kier alpha value is -2.03. The van der Waals surface area contributed by atoms with Crippen LogP contribution in [0.25, 0.3) is 0 Å². The van der Waals surface area contributed by atoms with Crippen LogP contribution in [0, 0.1) is 20.8 Å². The first kappa shape index (κ1) is 25.0. The molecule has 0 aliphatic rings. The average Bonchev–Trinajstić information content (AvgIpc) is 2.64. The summed E-state index contributed by atoms with van der Waals surface area (Å²) in [6.45, 7) is 11.3. The number of ether oxygens (including phenoxy) is 2. The number of aryl methyl sites for hydroxylation is 2. The minimum absolute atomic E-state index is 0. The van der Waals surface area contributed by atoms with Crippen molar-refractivity contribution in [2.45, 2.75) is 53.8 Å². The van der Waals surface area contributed by atoms with E-state index in [4.69, 9.17) is 9.47 Å². The average molecular weight is 512 g/mol. The molecule has 1 aromatic heterocycles. The Balaban J connectivity index is 0.00000420. The zero-order chi connectivity index (χ0) is 20.7. The second-order valence-corrected chi connectivity index (χ2v) is 7.10. The monoisotopic (exact) mass is 512 g/mol. The highest BCUT2D eigenvalue weighted by atomic mass is 127. The molecular weight excluding hydrogens is 479 g/mol. The van der Waals surface area contributed by atoms with Crippen LogP contribution in [0.4, 0.5) is 0 Å². The van der Waals surface area contributed by atoms with Gasteiger partial charge < -0.3 is 20.1 Å². The van der Waals surface area contributed by atoms with E-state index in [9.17, 15) is 0 Å². The van der Waals surface area contributed by atoms with Gasteiger partial charge in [-0.15, -0.1) is 24.0 Å². The van der Waals surface area contributed by atoms with Crippen molar-refractivity contribution >= 4 is 29.9 Å². The summed E-state index contributed by atoms with van der Waals surface area (Å²) < 4.78 is 11.4. The third-order valence-corrected chi connectivity index (χ3v) is 4.43. The van der Waals surface area contributed by atoms with E-state index in [1.165, 1.54) is 5.56 Å². The van der Waals surface area contributed by atoms with Crippen molar-refractivity contribution in [3.05, 3.63) is 52.3 Å². The Morgan fingerprint density at radius 2 is 1.83 bits per heavy atom. The summed E-state index contributed by atoms with van der Waals surface area (Å²) in [7, 11) is 3.44.